The molecule has 0 aromatic carbocycles. The van der Waals surface area contributed by atoms with Crippen LogP contribution in [0.3, 0.4) is 0 Å². The van der Waals surface area contributed by atoms with Gasteiger partial charge in [0.15, 0.2) is 25.2 Å². The monoisotopic (exact) mass is 714 g/mol. The Kier molecular flexibility index (Phi) is 15.3. The lowest BCUT2D eigenvalue weighted by Crippen LogP contribution is -2.53. The minimum atomic E-state index is -0.201. The van der Waals surface area contributed by atoms with E-state index in [0.29, 0.717) is 37.1 Å². The zero-order valence-electron chi connectivity index (χ0n) is 20.2. The van der Waals surface area contributed by atoms with Gasteiger partial charge in [0.05, 0.1) is 37.1 Å². The molecule has 0 aromatic rings. The molecule has 0 bridgehead atoms. The first-order valence-corrected chi connectivity index (χ1v) is 19.1. The van der Waals surface area contributed by atoms with E-state index in [-0.39, 0.29) is 49.6 Å². The number of hydrogen-bond acceptors (Lipinski definition) is 12. The predicted molar refractivity (Wildman–Crippen MR) is 155 cm³/mol. The normalized spacial score (nSPS) is 36.8. The number of hydrogen-bond donors (Lipinski definition) is 0. The Balaban J connectivity index is 0.908. The van der Waals surface area contributed by atoms with Crippen molar-refractivity contribution < 1.29 is 37.9 Å². The quantitative estimate of drug-likeness (QED) is 0.184. The molecule has 8 nitrogen and oxygen atoms in total. The van der Waals surface area contributed by atoms with Gasteiger partial charge >= 0.3 is 0 Å². The average molecular weight is 717 g/mol. The number of halogens is 2. The van der Waals surface area contributed by atoms with Gasteiger partial charge in [0, 0.05) is 46.0 Å². The van der Waals surface area contributed by atoms with Crippen molar-refractivity contribution in [3.63, 3.8) is 0 Å². The maximum Gasteiger partial charge on any atom is 0.167 e. The molecule has 4 saturated heterocycles. The van der Waals surface area contributed by atoms with Crippen molar-refractivity contribution in [3.8, 4) is 0 Å². The molecule has 0 aliphatic carbocycles. The number of alkyl halides is 2. The average Bonchev–Trinajstić information content (AvgIpc) is 2.92. The van der Waals surface area contributed by atoms with Gasteiger partial charge in [0.2, 0.25) is 0 Å². The summed E-state index contributed by atoms with van der Waals surface area (Å²) in [5.74, 6) is 8.60. The van der Waals surface area contributed by atoms with Crippen molar-refractivity contribution in [3.05, 3.63) is 0 Å². The van der Waals surface area contributed by atoms with Crippen molar-refractivity contribution in [1.29, 1.82) is 0 Å². The van der Waals surface area contributed by atoms with Crippen LogP contribution in [0.4, 0.5) is 0 Å². The van der Waals surface area contributed by atoms with Crippen molar-refractivity contribution in [1.82, 2.24) is 0 Å². The van der Waals surface area contributed by atoms with E-state index in [1.54, 1.807) is 0 Å². The highest BCUT2D eigenvalue weighted by atomic mass is 79.9. The fourth-order valence-electron chi connectivity index (χ4n) is 3.94. The van der Waals surface area contributed by atoms with Crippen LogP contribution in [0.15, 0.2) is 0 Å². The van der Waals surface area contributed by atoms with E-state index in [0.717, 1.165) is 34.5 Å². The Morgan fingerprint density at radius 3 is 1.11 bits per heavy atom. The van der Waals surface area contributed by atoms with Crippen molar-refractivity contribution >= 4 is 78.9 Å². The van der Waals surface area contributed by atoms with Crippen molar-refractivity contribution in [2.75, 3.05) is 83.1 Å². The van der Waals surface area contributed by atoms with Crippen molar-refractivity contribution in [2.24, 2.45) is 0 Å². The van der Waals surface area contributed by atoms with Crippen LogP contribution in [-0.2, 0) is 37.9 Å². The summed E-state index contributed by atoms with van der Waals surface area (Å²) in [5.41, 5.74) is 0. The van der Waals surface area contributed by atoms with Crippen LogP contribution in [0, 0.1) is 0 Å². The fraction of sp³-hybridized carbons (Fsp3) is 1.00. The molecular weight excluding hydrogens is 680 g/mol. The third kappa shape index (κ3) is 10.5. The van der Waals surface area contributed by atoms with Crippen LogP contribution in [0.25, 0.3) is 0 Å². The molecule has 0 unspecified atom stereocenters. The molecule has 0 spiro atoms. The molecule has 14 heteroatoms. The smallest absolute Gasteiger partial charge is 0.167 e. The van der Waals surface area contributed by atoms with Gasteiger partial charge in [-0.1, -0.05) is 31.9 Å². The Bertz CT molecular complexity index is 568. The molecule has 4 rings (SSSR count). The van der Waals surface area contributed by atoms with E-state index in [2.05, 4.69) is 31.9 Å². The second-order valence-electron chi connectivity index (χ2n) is 8.43. The first-order chi connectivity index (χ1) is 17.7. The summed E-state index contributed by atoms with van der Waals surface area (Å²) in [7, 11) is 0. The highest BCUT2D eigenvalue weighted by molar-refractivity contribution is 9.09. The van der Waals surface area contributed by atoms with Gasteiger partial charge in [0.25, 0.3) is 0 Å². The molecule has 210 valence electrons. The van der Waals surface area contributed by atoms with Gasteiger partial charge in [-0.15, -0.1) is 0 Å². The Labute approximate surface area is 248 Å². The molecule has 4 aliphatic heterocycles. The highest BCUT2D eigenvalue weighted by Crippen LogP contribution is 2.26. The van der Waals surface area contributed by atoms with Crippen molar-refractivity contribution in [2.45, 2.75) is 49.6 Å². The lowest BCUT2D eigenvalue weighted by molar-refractivity contribution is -0.326. The topological polar surface area (TPSA) is 73.8 Å². The van der Waals surface area contributed by atoms with Gasteiger partial charge in [-0.3, -0.25) is 0 Å². The molecule has 0 saturated carbocycles. The second-order valence-corrected chi connectivity index (χ2v) is 14.5. The maximum atomic E-state index is 6.00. The molecule has 0 aromatic heterocycles. The predicted octanol–water partition coefficient (Wildman–Crippen LogP) is 3.68. The molecule has 4 heterocycles. The first-order valence-electron chi connectivity index (χ1n) is 12.3. The summed E-state index contributed by atoms with van der Waals surface area (Å²) in [6.45, 7) is 2.31. The van der Waals surface area contributed by atoms with Crippen LogP contribution in [0.2, 0.25) is 0 Å². The van der Waals surface area contributed by atoms with E-state index in [9.17, 15) is 0 Å². The largest absolute Gasteiger partial charge is 0.349 e. The van der Waals surface area contributed by atoms with E-state index in [4.69, 9.17) is 37.9 Å². The van der Waals surface area contributed by atoms with Gasteiger partial charge in [0.1, 0.15) is 24.4 Å². The number of thioether (sulfide) groups is 4. The van der Waals surface area contributed by atoms with E-state index in [1.807, 2.05) is 47.0 Å². The number of ether oxygens (including phenoxy) is 8. The molecule has 0 N–H and O–H groups in total. The van der Waals surface area contributed by atoms with E-state index < -0.39 is 0 Å². The van der Waals surface area contributed by atoms with Crippen LogP contribution in [-0.4, -0.2) is 133 Å². The summed E-state index contributed by atoms with van der Waals surface area (Å²) < 4.78 is 46.5. The summed E-state index contributed by atoms with van der Waals surface area (Å²) >= 11 is 14.6. The zero-order valence-corrected chi connectivity index (χ0v) is 26.6. The molecular formula is C22H36Br2O8S4. The van der Waals surface area contributed by atoms with Gasteiger partial charge in [-0.25, -0.2) is 0 Å². The number of rotatable bonds is 15. The fourth-order valence-corrected chi connectivity index (χ4v) is 8.92. The minimum absolute atomic E-state index is 0.0208. The summed E-state index contributed by atoms with van der Waals surface area (Å²) in [4.78, 5) is 0. The van der Waals surface area contributed by atoms with Gasteiger partial charge < -0.3 is 37.9 Å². The first kappa shape index (κ1) is 31.0. The molecule has 4 fully saturated rings. The van der Waals surface area contributed by atoms with Crippen LogP contribution in [0.1, 0.15) is 0 Å². The van der Waals surface area contributed by atoms with Crippen LogP contribution in [0.5, 0.6) is 0 Å². The number of fused-ring (bicyclic) bond motifs is 2. The second kappa shape index (κ2) is 17.8. The van der Waals surface area contributed by atoms with E-state index >= 15 is 0 Å². The molecule has 8 atom stereocenters. The summed E-state index contributed by atoms with van der Waals surface area (Å²) in [6, 6.07) is 0. The summed E-state index contributed by atoms with van der Waals surface area (Å²) in [5, 5.41) is 1.34. The Morgan fingerprint density at radius 1 is 0.444 bits per heavy atom. The summed E-state index contributed by atoms with van der Waals surface area (Å²) in [6.07, 6.45) is -0.816. The van der Waals surface area contributed by atoms with E-state index in [1.165, 1.54) is 11.5 Å². The molecule has 4 aliphatic rings. The molecule has 0 radical (unpaired) electrons. The van der Waals surface area contributed by atoms with Crippen LogP contribution < -0.4 is 0 Å². The molecule has 0 amide bonds. The van der Waals surface area contributed by atoms with Gasteiger partial charge in [-0.2, -0.15) is 47.0 Å². The lowest BCUT2D eigenvalue weighted by atomic mass is 10.2. The van der Waals surface area contributed by atoms with Gasteiger partial charge in [-0.05, 0) is 0 Å². The zero-order chi connectivity index (χ0) is 25.0. The SMILES string of the molecule is BrC[C@@H]1OC[C@@H]2O[C@H](CSCCSCCSCCSC[C@@H]3OC[C@@H]4O[C@H](CBr)OC[C@@H]4O3)OC[C@@H]2O1. The Morgan fingerprint density at radius 2 is 0.750 bits per heavy atom. The maximum absolute atomic E-state index is 6.00. The standard InChI is InChI=1S/C22H36Br2O8S4/c23-7-19-25-9-17-15(29-19)11-27-21(31-17)13-35-5-3-33-1-2-34-4-6-36-14-22-28-12-16-18(32-22)10-26-20(8-24)30-16/h15-22H,1-14H2/t15-,16-,17-,18-,19+,20+,21+,22+/m0/s1. The van der Waals surface area contributed by atoms with Crippen LogP contribution >= 0.6 is 78.9 Å². The lowest BCUT2D eigenvalue weighted by Gasteiger charge is -2.41. The Hall–Kier alpha value is 2.04. The third-order valence-electron chi connectivity index (χ3n) is 5.80. The highest BCUT2D eigenvalue weighted by Gasteiger charge is 2.39. The molecule has 36 heavy (non-hydrogen) atoms. The third-order valence-corrected chi connectivity index (χ3v) is 11.6. The minimum Gasteiger partial charge on any atom is -0.349 e.